The number of aliphatic hydroxyl groups is 1. The Kier molecular flexibility index (Phi) is 4.84. The second kappa shape index (κ2) is 6.81. The lowest BCUT2D eigenvalue weighted by Crippen LogP contribution is -2.39. The minimum atomic E-state index is -0.364. The van der Waals surface area contributed by atoms with Crippen LogP contribution in [0, 0.1) is 0 Å². The molecule has 0 fully saturated rings. The number of rotatable bonds is 5. The van der Waals surface area contributed by atoms with Crippen LogP contribution in [0.5, 0.6) is 0 Å². The largest absolute Gasteiger partial charge is 0.394 e. The average Bonchev–Trinajstić information content (AvgIpc) is 2.50. The van der Waals surface area contributed by atoms with Gasteiger partial charge in [0.2, 0.25) is 5.91 Å². The minimum absolute atomic E-state index is 0.155. The highest BCUT2D eigenvalue weighted by molar-refractivity contribution is 5.76. The Morgan fingerprint density at radius 1 is 1.29 bits per heavy atom. The summed E-state index contributed by atoms with van der Waals surface area (Å²) in [5.74, 6) is -0.364. The second-order valence-corrected chi connectivity index (χ2v) is 4.73. The van der Waals surface area contributed by atoms with Crippen molar-refractivity contribution in [3.63, 3.8) is 0 Å². The SMILES string of the molecule is CC(CO)NC(=O)Cn1nc(-c2ccccc2)ccc1=O. The lowest BCUT2D eigenvalue weighted by atomic mass is 10.1. The highest BCUT2D eigenvalue weighted by Gasteiger charge is 2.10. The van der Waals surface area contributed by atoms with Crippen LogP contribution in [0.3, 0.4) is 0 Å². The van der Waals surface area contributed by atoms with Crippen molar-refractivity contribution in [2.45, 2.75) is 19.5 Å². The summed E-state index contributed by atoms with van der Waals surface area (Å²) in [6.07, 6.45) is 0. The van der Waals surface area contributed by atoms with Gasteiger partial charge in [-0.05, 0) is 13.0 Å². The Labute approximate surface area is 122 Å². The van der Waals surface area contributed by atoms with Crippen molar-refractivity contribution in [2.24, 2.45) is 0 Å². The maximum atomic E-state index is 11.8. The normalized spacial score (nSPS) is 11.9. The summed E-state index contributed by atoms with van der Waals surface area (Å²) in [5, 5.41) is 15.7. The molecule has 6 nitrogen and oxygen atoms in total. The number of carbonyl (C=O) groups is 1. The van der Waals surface area contributed by atoms with Crippen molar-refractivity contribution >= 4 is 5.91 Å². The number of carbonyl (C=O) groups excluding carboxylic acids is 1. The van der Waals surface area contributed by atoms with Gasteiger partial charge in [0.25, 0.3) is 5.56 Å². The number of nitrogens with zero attached hydrogens (tertiary/aromatic N) is 2. The first-order chi connectivity index (χ1) is 10.1. The summed E-state index contributed by atoms with van der Waals surface area (Å²) in [6.45, 7) is 1.34. The highest BCUT2D eigenvalue weighted by Crippen LogP contribution is 2.13. The third-order valence-electron chi connectivity index (χ3n) is 2.91. The Hall–Kier alpha value is -2.47. The van der Waals surface area contributed by atoms with Gasteiger partial charge < -0.3 is 10.4 Å². The standard InChI is InChI=1S/C15H17N3O3/c1-11(10-19)16-14(20)9-18-15(21)8-7-13(17-18)12-5-3-2-4-6-12/h2-8,11,19H,9-10H2,1H3,(H,16,20). The van der Waals surface area contributed by atoms with E-state index in [0.29, 0.717) is 5.69 Å². The molecule has 0 aliphatic carbocycles. The molecule has 1 aromatic heterocycles. The summed E-state index contributed by atoms with van der Waals surface area (Å²) in [5.41, 5.74) is 1.15. The Balaban J connectivity index is 2.20. The summed E-state index contributed by atoms with van der Waals surface area (Å²) in [7, 11) is 0. The van der Waals surface area contributed by atoms with Crippen LogP contribution in [-0.2, 0) is 11.3 Å². The smallest absolute Gasteiger partial charge is 0.267 e. The maximum Gasteiger partial charge on any atom is 0.267 e. The molecule has 21 heavy (non-hydrogen) atoms. The summed E-state index contributed by atoms with van der Waals surface area (Å²) >= 11 is 0. The second-order valence-electron chi connectivity index (χ2n) is 4.73. The van der Waals surface area contributed by atoms with Crippen LogP contribution in [0.2, 0.25) is 0 Å². The molecule has 0 saturated heterocycles. The van der Waals surface area contributed by atoms with E-state index in [0.717, 1.165) is 10.2 Å². The van der Waals surface area contributed by atoms with Gasteiger partial charge in [0, 0.05) is 17.7 Å². The lowest BCUT2D eigenvalue weighted by molar-refractivity contribution is -0.122. The van der Waals surface area contributed by atoms with Crippen molar-refractivity contribution in [1.82, 2.24) is 15.1 Å². The first-order valence-corrected chi connectivity index (χ1v) is 6.64. The lowest BCUT2D eigenvalue weighted by Gasteiger charge is -2.11. The van der Waals surface area contributed by atoms with Crippen LogP contribution < -0.4 is 10.9 Å². The predicted octanol–water partition coefficient (Wildman–Crippen LogP) is 0.407. The fourth-order valence-electron chi connectivity index (χ4n) is 1.83. The third kappa shape index (κ3) is 4.00. The van der Waals surface area contributed by atoms with Crippen molar-refractivity contribution in [1.29, 1.82) is 0 Å². The molecule has 0 radical (unpaired) electrons. The van der Waals surface area contributed by atoms with Crippen LogP contribution in [0.1, 0.15) is 6.92 Å². The first-order valence-electron chi connectivity index (χ1n) is 6.64. The van der Waals surface area contributed by atoms with Crippen LogP contribution in [0.4, 0.5) is 0 Å². The fourth-order valence-corrected chi connectivity index (χ4v) is 1.83. The summed E-state index contributed by atoms with van der Waals surface area (Å²) in [4.78, 5) is 23.5. The monoisotopic (exact) mass is 287 g/mol. The molecule has 0 bridgehead atoms. The quantitative estimate of drug-likeness (QED) is 0.834. The summed E-state index contributed by atoms with van der Waals surface area (Å²) in [6, 6.07) is 12.1. The molecule has 110 valence electrons. The van der Waals surface area contributed by atoms with Crippen LogP contribution in [0.25, 0.3) is 11.3 Å². The van der Waals surface area contributed by atoms with Gasteiger partial charge in [0.1, 0.15) is 6.54 Å². The van der Waals surface area contributed by atoms with E-state index >= 15 is 0 Å². The van der Waals surface area contributed by atoms with E-state index < -0.39 is 0 Å². The molecule has 6 heteroatoms. The number of aliphatic hydroxyl groups excluding tert-OH is 1. The zero-order valence-electron chi connectivity index (χ0n) is 11.7. The van der Waals surface area contributed by atoms with Gasteiger partial charge in [-0.25, -0.2) is 4.68 Å². The molecule has 2 N–H and O–H groups in total. The number of hydrogen-bond acceptors (Lipinski definition) is 4. The number of benzene rings is 1. The fraction of sp³-hybridized carbons (Fsp3) is 0.267. The van der Waals surface area contributed by atoms with Crippen molar-refractivity contribution in [2.75, 3.05) is 6.61 Å². The molecule has 2 rings (SSSR count). The molecule has 0 spiro atoms. The molecule has 0 saturated carbocycles. The molecule has 1 atom stereocenters. The maximum absolute atomic E-state index is 11.8. The van der Waals surface area contributed by atoms with E-state index in [1.54, 1.807) is 13.0 Å². The van der Waals surface area contributed by atoms with Crippen molar-refractivity contribution in [3.05, 3.63) is 52.8 Å². The molecule has 2 aromatic rings. The molecule has 1 heterocycles. The number of nitrogens with one attached hydrogen (secondary N) is 1. The van der Waals surface area contributed by atoms with E-state index in [2.05, 4.69) is 10.4 Å². The zero-order valence-corrected chi connectivity index (χ0v) is 11.7. The van der Waals surface area contributed by atoms with Crippen LogP contribution in [0.15, 0.2) is 47.3 Å². The van der Waals surface area contributed by atoms with E-state index in [1.165, 1.54) is 6.07 Å². The molecule has 0 aliphatic rings. The number of aromatic nitrogens is 2. The number of hydrogen-bond donors (Lipinski definition) is 2. The van der Waals surface area contributed by atoms with E-state index in [1.807, 2.05) is 30.3 Å². The zero-order chi connectivity index (χ0) is 15.2. The van der Waals surface area contributed by atoms with Gasteiger partial charge in [-0.1, -0.05) is 30.3 Å². The molecular formula is C15H17N3O3. The highest BCUT2D eigenvalue weighted by atomic mass is 16.3. The Morgan fingerprint density at radius 2 is 2.00 bits per heavy atom. The molecule has 1 amide bonds. The van der Waals surface area contributed by atoms with Crippen molar-refractivity contribution in [3.8, 4) is 11.3 Å². The Bertz CT molecular complexity index is 667. The average molecular weight is 287 g/mol. The first kappa shape index (κ1) is 14.9. The van der Waals surface area contributed by atoms with Crippen LogP contribution in [-0.4, -0.2) is 33.4 Å². The Morgan fingerprint density at radius 3 is 2.67 bits per heavy atom. The number of amides is 1. The van der Waals surface area contributed by atoms with E-state index in [9.17, 15) is 9.59 Å². The summed E-state index contributed by atoms with van der Waals surface area (Å²) < 4.78 is 1.11. The molecule has 0 aliphatic heterocycles. The predicted molar refractivity (Wildman–Crippen MR) is 78.6 cm³/mol. The van der Waals surface area contributed by atoms with Crippen molar-refractivity contribution < 1.29 is 9.90 Å². The topological polar surface area (TPSA) is 84.2 Å². The molecular weight excluding hydrogens is 270 g/mol. The minimum Gasteiger partial charge on any atom is -0.394 e. The van der Waals surface area contributed by atoms with Gasteiger partial charge in [-0.15, -0.1) is 0 Å². The molecule has 1 aromatic carbocycles. The van der Waals surface area contributed by atoms with Gasteiger partial charge in [0.05, 0.1) is 12.3 Å². The van der Waals surface area contributed by atoms with Gasteiger partial charge in [-0.2, -0.15) is 5.10 Å². The van der Waals surface area contributed by atoms with Gasteiger partial charge in [-0.3, -0.25) is 9.59 Å². The molecule has 1 unspecified atom stereocenters. The van der Waals surface area contributed by atoms with Gasteiger partial charge in [0.15, 0.2) is 0 Å². The third-order valence-corrected chi connectivity index (χ3v) is 2.91. The van der Waals surface area contributed by atoms with Crippen LogP contribution >= 0.6 is 0 Å². The van der Waals surface area contributed by atoms with Gasteiger partial charge >= 0.3 is 0 Å². The van der Waals surface area contributed by atoms with E-state index in [-0.39, 0.29) is 30.7 Å². The van der Waals surface area contributed by atoms with E-state index in [4.69, 9.17) is 5.11 Å².